The Kier molecular flexibility index (Phi) is 4.74. The summed E-state index contributed by atoms with van der Waals surface area (Å²) in [4.78, 5) is 13.6. The third-order valence-electron chi connectivity index (χ3n) is 4.99. The lowest BCUT2D eigenvalue weighted by atomic mass is 10.1. The van der Waals surface area contributed by atoms with Gasteiger partial charge in [0, 0.05) is 24.2 Å². The Morgan fingerprint density at radius 2 is 1.92 bits per heavy atom. The van der Waals surface area contributed by atoms with Gasteiger partial charge >= 0.3 is 0 Å². The van der Waals surface area contributed by atoms with Crippen LogP contribution in [0.5, 0.6) is 0 Å². The van der Waals surface area contributed by atoms with Crippen LogP contribution in [0.4, 0.5) is 0 Å². The number of nitrogens with one attached hydrogen (secondary N) is 1. The maximum absolute atomic E-state index is 5.87. The van der Waals surface area contributed by atoms with E-state index >= 15 is 0 Å². The van der Waals surface area contributed by atoms with Gasteiger partial charge in [-0.15, -0.1) is 0 Å². The zero-order valence-electron chi connectivity index (χ0n) is 14.7. The molecule has 3 aromatic heterocycles. The quantitative estimate of drug-likeness (QED) is 0.715. The largest absolute Gasteiger partial charge is 0.440 e. The van der Waals surface area contributed by atoms with Crippen molar-refractivity contribution in [3.63, 3.8) is 0 Å². The van der Waals surface area contributed by atoms with Gasteiger partial charge in [0.05, 0.1) is 5.69 Å². The number of hydrogen-bond donors (Lipinski definition) is 1. The summed E-state index contributed by atoms with van der Waals surface area (Å²) in [6, 6.07) is 8.47. The maximum atomic E-state index is 5.87. The molecule has 0 amide bonds. The van der Waals surface area contributed by atoms with Crippen molar-refractivity contribution in [1.82, 2.24) is 20.3 Å². The van der Waals surface area contributed by atoms with E-state index in [1.807, 2.05) is 31.2 Å². The molecule has 3 aromatic rings. The summed E-state index contributed by atoms with van der Waals surface area (Å²) in [6.45, 7) is 2.73. The maximum Gasteiger partial charge on any atom is 0.245 e. The molecular formula is C20H24N4O. The lowest BCUT2D eigenvalue weighted by Gasteiger charge is -2.15. The fourth-order valence-electron chi connectivity index (χ4n) is 3.50. The molecule has 1 saturated carbocycles. The number of rotatable bonds is 4. The molecule has 4 rings (SSSR count). The Balaban J connectivity index is 1.50. The number of hydrogen-bond acceptors (Lipinski definition) is 5. The van der Waals surface area contributed by atoms with E-state index in [-0.39, 0.29) is 0 Å². The van der Waals surface area contributed by atoms with Crippen LogP contribution in [0.1, 0.15) is 50.0 Å². The molecule has 1 aliphatic rings. The summed E-state index contributed by atoms with van der Waals surface area (Å²) in [5.74, 6) is 1.43. The highest BCUT2D eigenvalue weighted by Crippen LogP contribution is 2.23. The lowest BCUT2D eigenvalue weighted by molar-refractivity contribution is 0.453. The first-order valence-corrected chi connectivity index (χ1v) is 9.21. The number of oxazole rings is 1. The Morgan fingerprint density at radius 1 is 1.08 bits per heavy atom. The number of fused-ring (bicyclic) bond motifs is 1. The van der Waals surface area contributed by atoms with Crippen LogP contribution in [0.3, 0.4) is 0 Å². The van der Waals surface area contributed by atoms with E-state index < -0.39 is 0 Å². The van der Waals surface area contributed by atoms with Crippen molar-refractivity contribution >= 4 is 11.0 Å². The fraction of sp³-hybridized carbons (Fsp3) is 0.450. The molecule has 0 bridgehead atoms. The van der Waals surface area contributed by atoms with E-state index in [4.69, 9.17) is 4.42 Å². The molecule has 5 nitrogen and oxygen atoms in total. The Morgan fingerprint density at radius 3 is 2.76 bits per heavy atom. The molecule has 0 radical (unpaired) electrons. The predicted molar refractivity (Wildman–Crippen MR) is 98.1 cm³/mol. The van der Waals surface area contributed by atoms with Gasteiger partial charge in [0.2, 0.25) is 5.89 Å². The second-order valence-electron chi connectivity index (χ2n) is 6.84. The zero-order valence-corrected chi connectivity index (χ0v) is 14.7. The van der Waals surface area contributed by atoms with Crippen LogP contribution in [0.15, 0.2) is 34.9 Å². The number of aryl methyl sites for hydroxylation is 1. The molecular weight excluding hydrogens is 312 g/mol. The van der Waals surface area contributed by atoms with E-state index in [0.717, 1.165) is 29.1 Å². The van der Waals surface area contributed by atoms with Gasteiger partial charge in [-0.1, -0.05) is 25.7 Å². The van der Waals surface area contributed by atoms with Gasteiger partial charge in [-0.2, -0.15) is 0 Å². The molecule has 0 atom stereocenters. The fourth-order valence-corrected chi connectivity index (χ4v) is 3.50. The standard InChI is InChI=1S/C20H24N4O/c1-14-18(13-22-16-8-4-2-3-5-9-16)24-20(25-14)17-11-10-15-7-6-12-21-19(15)23-17/h6-7,10-12,16,22H,2-5,8-9,13H2,1H3. The van der Waals surface area contributed by atoms with E-state index in [1.165, 1.54) is 38.5 Å². The number of pyridine rings is 2. The molecule has 1 fully saturated rings. The van der Waals surface area contributed by atoms with E-state index in [9.17, 15) is 0 Å². The number of aromatic nitrogens is 3. The van der Waals surface area contributed by atoms with Crippen LogP contribution in [0.2, 0.25) is 0 Å². The van der Waals surface area contributed by atoms with Gasteiger partial charge in [0.25, 0.3) is 0 Å². The molecule has 0 aliphatic heterocycles. The summed E-state index contributed by atoms with van der Waals surface area (Å²) >= 11 is 0. The van der Waals surface area contributed by atoms with Crippen LogP contribution in [-0.2, 0) is 6.54 Å². The van der Waals surface area contributed by atoms with Crippen LogP contribution in [0.25, 0.3) is 22.6 Å². The van der Waals surface area contributed by atoms with Crippen LogP contribution < -0.4 is 5.32 Å². The average molecular weight is 336 g/mol. The van der Waals surface area contributed by atoms with Crippen molar-refractivity contribution in [2.45, 2.75) is 58.0 Å². The van der Waals surface area contributed by atoms with Crippen molar-refractivity contribution in [2.24, 2.45) is 0 Å². The van der Waals surface area contributed by atoms with Crippen molar-refractivity contribution in [2.75, 3.05) is 0 Å². The second kappa shape index (κ2) is 7.31. The van der Waals surface area contributed by atoms with Gasteiger partial charge in [0.1, 0.15) is 11.5 Å². The highest BCUT2D eigenvalue weighted by molar-refractivity contribution is 5.76. The minimum absolute atomic E-state index is 0.572. The van der Waals surface area contributed by atoms with E-state index in [0.29, 0.717) is 17.6 Å². The second-order valence-corrected chi connectivity index (χ2v) is 6.84. The summed E-state index contributed by atoms with van der Waals surface area (Å²) in [7, 11) is 0. The minimum Gasteiger partial charge on any atom is -0.440 e. The molecule has 0 aromatic carbocycles. The molecule has 0 spiro atoms. The molecule has 0 saturated heterocycles. The molecule has 130 valence electrons. The third kappa shape index (κ3) is 3.71. The van der Waals surface area contributed by atoms with E-state index in [2.05, 4.69) is 20.3 Å². The molecule has 25 heavy (non-hydrogen) atoms. The first-order chi connectivity index (χ1) is 12.3. The van der Waals surface area contributed by atoms with Crippen molar-refractivity contribution in [3.05, 3.63) is 41.9 Å². The van der Waals surface area contributed by atoms with Gasteiger partial charge in [0.15, 0.2) is 5.65 Å². The van der Waals surface area contributed by atoms with Gasteiger partial charge in [-0.25, -0.2) is 15.0 Å². The zero-order chi connectivity index (χ0) is 17.1. The Bertz CT molecular complexity index is 850. The van der Waals surface area contributed by atoms with Gasteiger partial charge < -0.3 is 9.73 Å². The Labute approximate surface area is 147 Å². The van der Waals surface area contributed by atoms with Crippen molar-refractivity contribution < 1.29 is 4.42 Å². The molecule has 3 heterocycles. The van der Waals surface area contributed by atoms with Crippen molar-refractivity contribution in [3.8, 4) is 11.6 Å². The number of nitrogens with zero attached hydrogens (tertiary/aromatic N) is 3. The van der Waals surface area contributed by atoms with Crippen LogP contribution >= 0.6 is 0 Å². The molecule has 1 aliphatic carbocycles. The van der Waals surface area contributed by atoms with E-state index in [1.54, 1.807) is 6.20 Å². The van der Waals surface area contributed by atoms with Crippen LogP contribution in [-0.4, -0.2) is 21.0 Å². The predicted octanol–water partition coefficient (Wildman–Crippen LogP) is 4.41. The molecule has 1 N–H and O–H groups in total. The highest BCUT2D eigenvalue weighted by Gasteiger charge is 2.16. The highest BCUT2D eigenvalue weighted by atomic mass is 16.4. The summed E-state index contributed by atoms with van der Waals surface area (Å²) in [6.07, 6.45) is 9.68. The average Bonchev–Trinajstić information content (AvgIpc) is 2.84. The van der Waals surface area contributed by atoms with Crippen molar-refractivity contribution in [1.29, 1.82) is 0 Å². The third-order valence-corrected chi connectivity index (χ3v) is 4.99. The summed E-state index contributed by atoms with van der Waals surface area (Å²) in [5.41, 5.74) is 2.42. The Hall–Kier alpha value is -2.27. The van der Waals surface area contributed by atoms with Gasteiger partial charge in [-0.05, 0) is 44.0 Å². The van der Waals surface area contributed by atoms with Gasteiger partial charge in [-0.3, -0.25) is 0 Å². The SMILES string of the molecule is Cc1oc(-c2ccc3cccnc3n2)nc1CNC1CCCCCC1. The topological polar surface area (TPSA) is 63.8 Å². The first-order valence-electron chi connectivity index (χ1n) is 9.21. The minimum atomic E-state index is 0.572. The van der Waals surface area contributed by atoms with Crippen LogP contribution in [0, 0.1) is 6.92 Å². The lowest BCUT2D eigenvalue weighted by Crippen LogP contribution is -2.28. The summed E-state index contributed by atoms with van der Waals surface area (Å²) in [5, 5.41) is 4.68. The normalized spacial score (nSPS) is 16.2. The summed E-state index contributed by atoms with van der Waals surface area (Å²) < 4.78 is 5.87. The molecule has 0 unspecified atom stereocenters. The smallest absolute Gasteiger partial charge is 0.245 e. The monoisotopic (exact) mass is 336 g/mol. The first kappa shape index (κ1) is 16.2. The molecule has 5 heteroatoms.